The summed E-state index contributed by atoms with van der Waals surface area (Å²) in [6, 6.07) is 14.9. The summed E-state index contributed by atoms with van der Waals surface area (Å²) >= 11 is 0. The van der Waals surface area contributed by atoms with Crippen LogP contribution in [0.15, 0.2) is 48.5 Å². The molecule has 3 aromatic rings. The Balaban J connectivity index is 1.83. The first-order valence-corrected chi connectivity index (χ1v) is 8.07. The minimum absolute atomic E-state index is 0.104. The lowest BCUT2D eigenvalue weighted by Crippen LogP contribution is -2.04. The van der Waals surface area contributed by atoms with Gasteiger partial charge in [-0.2, -0.15) is 5.10 Å². The minimum atomic E-state index is -0.380. The lowest BCUT2D eigenvalue weighted by molar-refractivity contribution is -0.384. The van der Waals surface area contributed by atoms with Crippen LogP contribution < -0.4 is 5.32 Å². The van der Waals surface area contributed by atoms with Crippen LogP contribution in [0.25, 0.3) is 5.69 Å². The highest BCUT2D eigenvalue weighted by Gasteiger charge is 2.13. The molecule has 0 atom stereocenters. The summed E-state index contributed by atoms with van der Waals surface area (Å²) in [7, 11) is 0. The number of nitrogens with zero attached hydrogens (tertiary/aromatic N) is 3. The molecule has 0 aliphatic heterocycles. The van der Waals surface area contributed by atoms with Gasteiger partial charge in [0.25, 0.3) is 5.69 Å². The number of rotatable bonds is 5. The summed E-state index contributed by atoms with van der Waals surface area (Å²) in [5.41, 5.74) is 6.04. The Morgan fingerprint density at radius 1 is 1.12 bits per heavy atom. The van der Waals surface area contributed by atoms with Crippen molar-refractivity contribution in [1.29, 1.82) is 0 Å². The van der Waals surface area contributed by atoms with E-state index in [0.29, 0.717) is 6.54 Å². The number of aromatic nitrogens is 2. The molecule has 128 valence electrons. The van der Waals surface area contributed by atoms with Crippen LogP contribution >= 0.6 is 0 Å². The second-order valence-corrected chi connectivity index (χ2v) is 6.01. The first-order valence-electron chi connectivity index (χ1n) is 8.07. The van der Waals surface area contributed by atoms with Crippen LogP contribution in [-0.2, 0) is 6.54 Å². The molecule has 0 bridgehead atoms. The highest BCUT2D eigenvalue weighted by atomic mass is 16.6. The van der Waals surface area contributed by atoms with E-state index in [1.807, 2.05) is 55.8 Å². The van der Waals surface area contributed by atoms with Crippen molar-refractivity contribution >= 4 is 11.4 Å². The maximum atomic E-state index is 10.8. The molecule has 2 aromatic carbocycles. The van der Waals surface area contributed by atoms with E-state index in [1.165, 1.54) is 6.07 Å². The smallest absolute Gasteiger partial charge is 0.269 e. The number of nitro benzene ring substituents is 1. The molecule has 0 fully saturated rings. The standard InChI is InChI=1S/C19H20N4O2/c1-13-11-17(23(24)25)9-10-19(13)20-12-18-14(2)21-22(15(18)3)16-7-5-4-6-8-16/h4-11,20H,12H2,1-3H3. The van der Waals surface area contributed by atoms with E-state index >= 15 is 0 Å². The van der Waals surface area contributed by atoms with Crippen LogP contribution in [-0.4, -0.2) is 14.7 Å². The monoisotopic (exact) mass is 336 g/mol. The average Bonchev–Trinajstić information content (AvgIpc) is 2.89. The second kappa shape index (κ2) is 6.76. The third kappa shape index (κ3) is 3.38. The Hall–Kier alpha value is -3.15. The summed E-state index contributed by atoms with van der Waals surface area (Å²) in [5.74, 6) is 0. The van der Waals surface area contributed by atoms with Gasteiger partial charge in [-0.15, -0.1) is 0 Å². The summed E-state index contributed by atoms with van der Waals surface area (Å²) in [6.45, 7) is 6.52. The van der Waals surface area contributed by atoms with Crippen molar-refractivity contribution in [1.82, 2.24) is 9.78 Å². The molecule has 0 amide bonds. The molecule has 6 heteroatoms. The summed E-state index contributed by atoms with van der Waals surface area (Å²) in [4.78, 5) is 10.5. The Morgan fingerprint density at radius 3 is 2.48 bits per heavy atom. The fourth-order valence-corrected chi connectivity index (χ4v) is 2.89. The normalized spacial score (nSPS) is 10.7. The van der Waals surface area contributed by atoms with E-state index in [0.717, 1.165) is 33.9 Å². The first-order chi connectivity index (χ1) is 12.0. The summed E-state index contributed by atoms with van der Waals surface area (Å²) in [6.07, 6.45) is 0. The Kier molecular flexibility index (Phi) is 4.52. The molecule has 0 aliphatic carbocycles. The SMILES string of the molecule is Cc1cc([N+](=O)[O-])ccc1NCc1c(C)nn(-c2ccccc2)c1C. The largest absolute Gasteiger partial charge is 0.381 e. The van der Waals surface area contributed by atoms with E-state index in [-0.39, 0.29) is 10.6 Å². The third-order valence-electron chi connectivity index (χ3n) is 4.32. The van der Waals surface area contributed by atoms with Crippen molar-refractivity contribution < 1.29 is 4.92 Å². The molecule has 6 nitrogen and oxygen atoms in total. The van der Waals surface area contributed by atoms with Gasteiger partial charge in [-0.05, 0) is 44.5 Å². The van der Waals surface area contributed by atoms with E-state index < -0.39 is 0 Å². The number of aryl methyl sites for hydroxylation is 2. The van der Waals surface area contributed by atoms with Crippen LogP contribution in [0.5, 0.6) is 0 Å². The van der Waals surface area contributed by atoms with Gasteiger partial charge in [0.05, 0.1) is 16.3 Å². The van der Waals surface area contributed by atoms with Crippen molar-refractivity contribution in [3.8, 4) is 5.69 Å². The number of hydrogen-bond donors (Lipinski definition) is 1. The van der Waals surface area contributed by atoms with Gasteiger partial charge in [-0.3, -0.25) is 10.1 Å². The van der Waals surface area contributed by atoms with E-state index in [2.05, 4.69) is 10.4 Å². The van der Waals surface area contributed by atoms with Gasteiger partial charge in [-0.25, -0.2) is 4.68 Å². The fraction of sp³-hybridized carbons (Fsp3) is 0.211. The van der Waals surface area contributed by atoms with Gasteiger partial charge in [0, 0.05) is 35.6 Å². The van der Waals surface area contributed by atoms with Crippen LogP contribution in [0.1, 0.15) is 22.5 Å². The Bertz CT molecular complexity index is 917. The molecule has 0 radical (unpaired) electrons. The molecule has 1 aromatic heterocycles. The number of benzene rings is 2. The summed E-state index contributed by atoms with van der Waals surface area (Å²) < 4.78 is 1.94. The van der Waals surface area contributed by atoms with Crippen molar-refractivity contribution in [3.05, 3.63) is 81.2 Å². The van der Waals surface area contributed by atoms with Crippen LogP contribution in [0, 0.1) is 30.9 Å². The zero-order valence-corrected chi connectivity index (χ0v) is 14.5. The first kappa shape index (κ1) is 16.7. The quantitative estimate of drug-likeness (QED) is 0.556. The van der Waals surface area contributed by atoms with Gasteiger partial charge >= 0.3 is 0 Å². The van der Waals surface area contributed by atoms with E-state index in [4.69, 9.17) is 0 Å². The van der Waals surface area contributed by atoms with Crippen molar-refractivity contribution in [2.45, 2.75) is 27.3 Å². The van der Waals surface area contributed by atoms with E-state index in [1.54, 1.807) is 12.1 Å². The van der Waals surface area contributed by atoms with Gasteiger partial charge in [0.1, 0.15) is 0 Å². The van der Waals surface area contributed by atoms with E-state index in [9.17, 15) is 10.1 Å². The number of para-hydroxylation sites is 1. The van der Waals surface area contributed by atoms with Crippen molar-refractivity contribution in [2.75, 3.05) is 5.32 Å². The Labute approximate surface area is 146 Å². The highest BCUT2D eigenvalue weighted by Crippen LogP contribution is 2.23. The zero-order chi connectivity index (χ0) is 18.0. The topological polar surface area (TPSA) is 73.0 Å². The highest BCUT2D eigenvalue weighted by molar-refractivity contribution is 5.56. The molecule has 1 N–H and O–H groups in total. The molecule has 3 rings (SSSR count). The zero-order valence-electron chi connectivity index (χ0n) is 14.5. The lowest BCUT2D eigenvalue weighted by atomic mass is 10.1. The summed E-state index contributed by atoms with van der Waals surface area (Å²) in [5, 5.41) is 18.9. The maximum Gasteiger partial charge on any atom is 0.269 e. The third-order valence-corrected chi connectivity index (χ3v) is 4.32. The molecule has 0 aliphatic rings. The van der Waals surface area contributed by atoms with Crippen molar-refractivity contribution in [2.24, 2.45) is 0 Å². The van der Waals surface area contributed by atoms with Gasteiger partial charge < -0.3 is 5.32 Å². The minimum Gasteiger partial charge on any atom is -0.381 e. The number of anilines is 1. The molecule has 25 heavy (non-hydrogen) atoms. The Morgan fingerprint density at radius 2 is 1.84 bits per heavy atom. The number of hydrogen-bond acceptors (Lipinski definition) is 4. The van der Waals surface area contributed by atoms with Crippen LogP contribution in [0.4, 0.5) is 11.4 Å². The predicted molar refractivity (Wildman–Crippen MR) is 98.2 cm³/mol. The van der Waals surface area contributed by atoms with Crippen molar-refractivity contribution in [3.63, 3.8) is 0 Å². The lowest BCUT2D eigenvalue weighted by Gasteiger charge is -2.10. The predicted octanol–water partition coefficient (Wildman–Crippen LogP) is 4.32. The maximum absolute atomic E-state index is 10.8. The molecular formula is C19H20N4O2. The molecule has 1 heterocycles. The number of nitrogens with one attached hydrogen (secondary N) is 1. The molecular weight excluding hydrogens is 316 g/mol. The molecule has 0 saturated heterocycles. The van der Waals surface area contributed by atoms with Gasteiger partial charge in [0.15, 0.2) is 0 Å². The number of non-ortho nitro benzene ring substituents is 1. The second-order valence-electron chi connectivity index (χ2n) is 6.01. The van der Waals surface area contributed by atoms with Gasteiger partial charge in [-0.1, -0.05) is 18.2 Å². The molecule has 0 saturated carbocycles. The number of nitro groups is 1. The molecule has 0 spiro atoms. The average molecular weight is 336 g/mol. The van der Waals surface area contributed by atoms with Crippen LogP contribution in [0.2, 0.25) is 0 Å². The van der Waals surface area contributed by atoms with Gasteiger partial charge in [0.2, 0.25) is 0 Å². The fourth-order valence-electron chi connectivity index (χ4n) is 2.89. The van der Waals surface area contributed by atoms with Crippen LogP contribution in [0.3, 0.4) is 0 Å². The molecule has 0 unspecified atom stereocenters.